The van der Waals surface area contributed by atoms with E-state index in [0.29, 0.717) is 39.0 Å². The van der Waals surface area contributed by atoms with Crippen LogP contribution in [-0.4, -0.2) is 48.9 Å². The van der Waals surface area contributed by atoms with Gasteiger partial charge in [-0.3, -0.25) is 14.4 Å². The van der Waals surface area contributed by atoms with Crippen molar-refractivity contribution in [2.24, 2.45) is 29.1 Å². The normalized spacial score (nSPS) is 34.3. The fourth-order valence-corrected chi connectivity index (χ4v) is 6.82. The number of nitrogens with one attached hydrogen (secondary N) is 1. The van der Waals surface area contributed by atoms with Crippen molar-refractivity contribution in [3.8, 4) is 0 Å². The molecule has 156 valence electrons. The number of carbonyl (C=O) groups is 3. The Morgan fingerprint density at radius 3 is 2.11 bits per heavy atom. The molecule has 0 spiro atoms. The molecule has 1 saturated heterocycles. The van der Waals surface area contributed by atoms with E-state index in [2.05, 4.69) is 5.32 Å². The molecule has 0 radical (unpaired) electrons. The minimum Gasteiger partial charge on any atom is -0.466 e. The zero-order valence-corrected chi connectivity index (χ0v) is 17.1. The van der Waals surface area contributed by atoms with E-state index in [0.717, 1.165) is 17.8 Å². The molecule has 1 heterocycles. The largest absolute Gasteiger partial charge is 0.466 e. The van der Waals surface area contributed by atoms with Crippen LogP contribution in [0.4, 0.5) is 0 Å². The molecule has 0 aromatic heterocycles. The smallest absolute Gasteiger partial charge is 0.309 e. The van der Waals surface area contributed by atoms with Gasteiger partial charge in [0.2, 0.25) is 11.8 Å². The van der Waals surface area contributed by atoms with Crippen LogP contribution in [0.1, 0.15) is 64.7 Å². The van der Waals surface area contributed by atoms with Gasteiger partial charge in [-0.15, -0.1) is 0 Å². The van der Waals surface area contributed by atoms with E-state index in [1.54, 1.807) is 4.90 Å². The Bertz CT molecular complexity index is 589. The molecular formula is C22H34N2O4. The van der Waals surface area contributed by atoms with E-state index in [9.17, 15) is 14.4 Å². The molecule has 5 rings (SSSR count). The Morgan fingerprint density at radius 2 is 1.57 bits per heavy atom. The molecule has 0 aromatic rings. The fraction of sp³-hybridized carbons (Fsp3) is 0.864. The Hall–Kier alpha value is -1.59. The summed E-state index contributed by atoms with van der Waals surface area (Å²) in [6.45, 7) is 3.41. The van der Waals surface area contributed by atoms with Crippen LogP contribution in [-0.2, 0) is 19.1 Å². The Labute approximate surface area is 167 Å². The third kappa shape index (κ3) is 4.20. The molecule has 0 atom stereocenters. The topological polar surface area (TPSA) is 75.7 Å². The number of rotatable bonds is 6. The lowest BCUT2D eigenvalue weighted by molar-refractivity contribution is -0.151. The van der Waals surface area contributed by atoms with Crippen LogP contribution in [0.5, 0.6) is 0 Å². The summed E-state index contributed by atoms with van der Waals surface area (Å²) in [5.74, 6) is 2.25. The number of hydrogen-bond acceptors (Lipinski definition) is 4. The van der Waals surface area contributed by atoms with Crippen molar-refractivity contribution in [3.05, 3.63) is 0 Å². The molecule has 6 nitrogen and oxygen atoms in total. The van der Waals surface area contributed by atoms with Gasteiger partial charge in [0, 0.05) is 19.5 Å². The third-order valence-electron chi connectivity index (χ3n) is 7.60. The molecule has 5 fully saturated rings. The lowest BCUT2D eigenvalue weighted by Gasteiger charge is -2.56. The van der Waals surface area contributed by atoms with Crippen LogP contribution >= 0.6 is 0 Å². The molecule has 4 saturated carbocycles. The number of ether oxygens (including phenoxy) is 1. The SMILES string of the molecule is CCOC(=O)C1CCN(C(=O)CNC(=O)CC23CC4CC(CC(C4)C2)C3)CC1. The zero-order valence-electron chi connectivity index (χ0n) is 17.1. The van der Waals surface area contributed by atoms with Crippen molar-refractivity contribution in [1.29, 1.82) is 0 Å². The predicted molar refractivity (Wildman–Crippen MR) is 104 cm³/mol. The van der Waals surface area contributed by atoms with Gasteiger partial charge in [0.05, 0.1) is 19.1 Å². The van der Waals surface area contributed by atoms with Crippen LogP contribution in [0.3, 0.4) is 0 Å². The van der Waals surface area contributed by atoms with E-state index in [4.69, 9.17) is 4.74 Å². The summed E-state index contributed by atoms with van der Waals surface area (Å²) >= 11 is 0. The van der Waals surface area contributed by atoms with Crippen LogP contribution in [0.2, 0.25) is 0 Å². The number of likely N-dealkylation sites (tertiary alicyclic amines) is 1. The fourth-order valence-electron chi connectivity index (χ4n) is 6.82. The summed E-state index contributed by atoms with van der Waals surface area (Å²) in [4.78, 5) is 38.6. The summed E-state index contributed by atoms with van der Waals surface area (Å²) in [6, 6.07) is 0. The molecule has 2 amide bonds. The second-order valence-electron chi connectivity index (χ2n) is 9.78. The standard InChI is InChI=1S/C22H34N2O4/c1-2-28-21(27)18-3-5-24(6-4-18)20(26)14-23-19(25)13-22-10-15-7-16(11-22)9-17(8-15)12-22/h15-18H,2-14H2,1H3,(H,23,25). The van der Waals surface area contributed by atoms with Gasteiger partial charge in [-0.1, -0.05) is 0 Å². The third-order valence-corrected chi connectivity index (χ3v) is 7.60. The van der Waals surface area contributed by atoms with Gasteiger partial charge >= 0.3 is 5.97 Å². The monoisotopic (exact) mass is 390 g/mol. The Kier molecular flexibility index (Phi) is 5.66. The molecule has 5 aliphatic rings. The number of amides is 2. The predicted octanol–water partition coefficient (Wildman–Crippen LogP) is 2.51. The van der Waals surface area contributed by atoms with Crippen molar-refractivity contribution in [1.82, 2.24) is 10.2 Å². The Morgan fingerprint density at radius 1 is 1.00 bits per heavy atom. The molecule has 4 bridgehead atoms. The van der Waals surface area contributed by atoms with Crippen molar-refractivity contribution in [3.63, 3.8) is 0 Å². The minimum absolute atomic E-state index is 0.0386. The highest BCUT2D eigenvalue weighted by Gasteiger charge is 2.51. The summed E-state index contributed by atoms with van der Waals surface area (Å²) in [7, 11) is 0. The first kappa shape index (κ1) is 19.7. The maximum atomic E-state index is 12.6. The summed E-state index contributed by atoms with van der Waals surface area (Å²) in [6.07, 6.45) is 9.64. The van der Waals surface area contributed by atoms with E-state index < -0.39 is 0 Å². The number of carbonyl (C=O) groups excluding carboxylic acids is 3. The molecule has 4 aliphatic carbocycles. The molecule has 0 unspecified atom stereocenters. The van der Waals surface area contributed by atoms with Crippen molar-refractivity contribution < 1.29 is 19.1 Å². The maximum absolute atomic E-state index is 12.6. The second-order valence-corrected chi connectivity index (χ2v) is 9.78. The summed E-state index contributed by atoms with van der Waals surface area (Å²) in [5, 5.41) is 2.89. The second kappa shape index (κ2) is 8.03. The van der Waals surface area contributed by atoms with Crippen LogP contribution < -0.4 is 5.32 Å². The lowest BCUT2D eigenvalue weighted by Crippen LogP contribution is -2.49. The van der Waals surface area contributed by atoms with Crippen molar-refractivity contribution in [2.45, 2.75) is 64.7 Å². The Balaban J connectivity index is 1.20. The van der Waals surface area contributed by atoms with Gasteiger partial charge in [-0.05, 0) is 81.5 Å². The van der Waals surface area contributed by atoms with E-state index >= 15 is 0 Å². The van der Waals surface area contributed by atoms with E-state index in [1.807, 2.05) is 6.92 Å². The first-order valence-corrected chi connectivity index (χ1v) is 11.2. The average Bonchev–Trinajstić information content (AvgIpc) is 2.65. The number of esters is 1. The quantitative estimate of drug-likeness (QED) is 0.707. The van der Waals surface area contributed by atoms with E-state index in [1.165, 1.54) is 38.5 Å². The van der Waals surface area contributed by atoms with Gasteiger partial charge in [0.15, 0.2) is 0 Å². The molecular weight excluding hydrogens is 356 g/mol. The van der Waals surface area contributed by atoms with Crippen molar-refractivity contribution in [2.75, 3.05) is 26.2 Å². The van der Waals surface area contributed by atoms with Crippen LogP contribution in [0, 0.1) is 29.1 Å². The molecule has 6 heteroatoms. The molecule has 1 aliphatic heterocycles. The average molecular weight is 391 g/mol. The summed E-state index contributed by atoms with van der Waals surface area (Å²) in [5.41, 5.74) is 0.208. The lowest BCUT2D eigenvalue weighted by atomic mass is 9.49. The van der Waals surface area contributed by atoms with Gasteiger partial charge in [0.1, 0.15) is 0 Å². The number of nitrogens with zero attached hydrogens (tertiary/aromatic N) is 1. The zero-order chi connectivity index (χ0) is 19.7. The van der Waals surface area contributed by atoms with Crippen LogP contribution in [0.15, 0.2) is 0 Å². The number of hydrogen-bond donors (Lipinski definition) is 1. The summed E-state index contributed by atoms with van der Waals surface area (Å²) < 4.78 is 5.07. The highest BCUT2D eigenvalue weighted by atomic mass is 16.5. The molecule has 0 aromatic carbocycles. The van der Waals surface area contributed by atoms with E-state index in [-0.39, 0.29) is 35.7 Å². The van der Waals surface area contributed by atoms with Crippen LogP contribution in [0.25, 0.3) is 0 Å². The van der Waals surface area contributed by atoms with Gasteiger partial charge in [0.25, 0.3) is 0 Å². The molecule has 1 N–H and O–H groups in total. The van der Waals surface area contributed by atoms with Gasteiger partial charge in [-0.2, -0.15) is 0 Å². The van der Waals surface area contributed by atoms with Gasteiger partial charge in [-0.25, -0.2) is 0 Å². The highest BCUT2D eigenvalue weighted by molar-refractivity contribution is 5.85. The highest BCUT2D eigenvalue weighted by Crippen LogP contribution is 2.61. The first-order valence-electron chi connectivity index (χ1n) is 11.2. The first-order chi connectivity index (χ1) is 13.5. The van der Waals surface area contributed by atoms with Gasteiger partial charge < -0.3 is 15.0 Å². The molecule has 28 heavy (non-hydrogen) atoms. The minimum atomic E-state index is -0.154. The van der Waals surface area contributed by atoms with Crippen molar-refractivity contribution >= 4 is 17.8 Å². The number of piperidine rings is 1. The maximum Gasteiger partial charge on any atom is 0.309 e.